The van der Waals surface area contributed by atoms with Crippen molar-refractivity contribution in [3.05, 3.63) is 30.1 Å². The third kappa shape index (κ3) is 3.62. The molecule has 88 valence electrons. The first-order valence-electron chi connectivity index (χ1n) is 5.52. The van der Waals surface area contributed by atoms with Crippen molar-refractivity contribution < 1.29 is 4.79 Å². The van der Waals surface area contributed by atoms with Gasteiger partial charge in [-0.1, -0.05) is 13.0 Å². The first-order valence-corrected chi connectivity index (χ1v) is 5.52. The summed E-state index contributed by atoms with van der Waals surface area (Å²) in [5.74, 6) is 0.164. The average Bonchev–Trinajstić information content (AvgIpc) is 2.35. The molecule has 0 aliphatic heterocycles. The number of rotatable bonds is 5. The van der Waals surface area contributed by atoms with Gasteiger partial charge < -0.3 is 11.1 Å². The van der Waals surface area contributed by atoms with E-state index in [2.05, 4.69) is 10.3 Å². The molecule has 1 aromatic rings. The highest BCUT2D eigenvalue weighted by molar-refractivity contribution is 5.83. The number of nitrogens with zero attached hydrogens (tertiary/aromatic N) is 1. The van der Waals surface area contributed by atoms with Crippen LogP contribution in [0.3, 0.4) is 0 Å². The molecule has 0 aliphatic carbocycles. The van der Waals surface area contributed by atoms with E-state index in [1.165, 1.54) is 0 Å². The summed E-state index contributed by atoms with van der Waals surface area (Å²) in [5.41, 5.74) is 6.42. The third-order valence-corrected chi connectivity index (χ3v) is 2.60. The van der Waals surface area contributed by atoms with Gasteiger partial charge in [0.1, 0.15) is 0 Å². The van der Waals surface area contributed by atoms with Gasteiger partial charge in [0.15, 0.2) is 0 Å². The molecule has 0 saturated carbocycles. The quantitative estimate of drug-likeness (QED) is 0.776. The maximum atomic E-state index is 11.8. The molecule has 1 heterocycles. The highest BCUT2D eigenvalue weighted by Gasteiger charge is 2.15. The summed E-state index contributed by atoms with van der Waals surface area (Å²) in [7, 11) is 0. The molecule has 0 saturated heterocycles. The molecular weight excluding hydrogens is 202 g/mol. The molecule has 0 radical (unpaired) electrons. The molecule has 1 aromatic heterocycles. The van der Waals surface area contributed by atoms with E-state index in [-0.39, 0.29) is 11.8 Å². The molecule has 1 amide bonds. The van der Waals surface area contributed by atoms with Gasteiger partial charge in [0.25, 0.3) is 0 Å². The molecule has 3 N–H and O–H groups in total. The zero-order chi connectivity index (χ0) is 12.0. The summed E-state index contributed by atoms with van der Waals surface area (Å²) in [5, 5.41) is 2.88. The summed E-state index contributed by atoms with van der Waals surface area (Å²) >= 11 is 0. The van der Waals surface area contributed by atoms with E-state index in [1.54, 1.807) is 12.4 Å². The summed E-state index contributed by atoms with van der Waals surface area (Å²) in [6.07, 6.45) is 3.42. The van der Waals surface area contributed by atoms with Crippen LogP contribution >= 0.6 is 0 Å². The number of carbonyl (C=O) groups is 1. The number of pyridine rings is 1. The number of aromatic nitrogens is 1. The Morgan fingerprint density at radius 3 is 2.88 bits per heavy atom. The fraction of sp³-hybridized carbons (Fsp3) is 0.500. The van der Waals surface area contributed by atoms with Gasteiger partial charge in [-0.25, -0.2) is 0 Å². The predicted octanol–water partition coefficient (Wildman–Crippen LogP) is 0.896. The molecule has 0 aliphatic rings. The molecule has 0 fully saturated rings. The van der Waals surface area contributed by atoms with Gasteiger partial charge in [-0.2, -0.15) is 0 Å². The van der Waals surface area contributed by atoms with E-state index < -0.39 is 0 Å². The van der Waals surface area contributed by atoms with E-state index >= 15 is 0 Å². The number of amides is 1. The molecule has 4 heteroatoms. The van der Waals surface area contributed by atoms with Crippen molar-refractivity contribution in [3.63, 3.8) is 0 Å². The van der Waals surface area contributed by atoms with Gasteiger partial charge in [-0.3, -0.25) is 9.78 Å². The van der Waals surface area contributed by atoms with E-state index in [9.17, 15) is 4.79 Å². The van der Waals surface area contributed by atoms with Crippen molar-refractivity contribution in [2.75, 3.05) is 13.1 Å². The van der Waals surface area contributed by atoms with Crippen LogP contribution in [-0.4, -0.2) is 24.0 Å². The zero-order valence-corrected chi connectivity index (χ0v) is 9.81. The van der Waals surface area contributed by atoms with Gasteiger partial charge in [-0.05, 0) is 31.0 Å². The molecule has 0 bridgehead atoms. The van der Waals surface area contributed by atoms with E-state index in [4.69, 9.17) is 5.73 Å². The van der Waals surface area contributed by atoms with Crippen LogP contribution in [0.1, 0.15) is 25.3 Å². The average molecular weight is 221 g/mol. The summed E-state index contributed by atoms with van der Waals surface area (Å²) in [4.78, 5) is 15.8. The molecule has 0 spiro atoms. The van der Waals surface area contributed by atoms with E-state index in [1.807, 2.05) is 26.0 Å². The highest BCUT2D eigenvalue weighted by Crippen LogP contribution is 2.13. The lowest BCUT2D eigenvalue weighted by molar-refractivity contribution is -0.122. The second-order valence-electron chi connectivity index (χ2n) is 4.09. The van der Waals surface area contributed by atoms with Gasteiger partial charge in [-0.15, -0.1) is 0 Å². The summed E-state index contributed by atoms with van der Waals surface area (Å²) < 4.78 is 0. The molecule has 2 atom stereocenters. The fourth-order valence-corrected chi connectivity index (χ4v) is 1.29. The Bertz CT molecular complexity index is 326. The van der Waals surface area contributed by atoms with Crippen LogP contribution in [0.2, 0.25) is 0 Å². The minimum atomic E-state index is -0.168. The fourth-order valence-electron chi connectivity index (χ4n) is 1.29. The Morgan fingerprint density at radius 1 is 1.56 bits per heavy atom. The molecule has 0 aromatic carbocycles. The minimum absolute atomic E-state index is 0.0216. The minimum Gasteiger partial charge on any atom is -0.355 e. The van der Waals surface area contributed by atoms with Crippen molar-refractivity contribution in [2.24, 2.45) is 11.7 Å². The summed E-state index contributed by atoms with van der Waals surface area (Å²) in [6.45, 7) is 5.09. The number of hydrogen-bond donors (Lipinski definition) is 2. The lowest BCUT2D eigenvalue weighted by Gasteiger charge is -2.14. The van der Waals surface area contributed by atoms with Gasteiger partial charge in [0.05, 0.1) is 5.92 Å². The molecule has 16 heavy (non-hydrogen) atoms. The Hall–Kier alpha value is -1.42. The second-order valence-corrected chi connectivity index (χ2v) is 4.09. The van der Waals surface area contributed by atoms with Crippen LogP contribution in [0.5, 0.6) is 0 Å². The first-order chi connectivity index (χ1) is 7.65. The molecular formula is C12H19N3O. The van der Waals surface area contributed by atoms with Gasteiger partial charge in [0, 0.05) is 18.9 Å². The van der Waals surface area contributed by atoms with Crippen molar-refractivity contribution in [1.29, 1.82) is 0 Å². The standard InChI is InChI=1S/C12H19N3O/c1-9(6-13)7-15-12(16)10(2)11-4-3-5-14-8-11/h3-5,8-10H,6-7,13H2,1-2H3,(H,15,16). The lowest BCUT2D eigenvalue weighted by atomic mass is 10.0. The summed E-state index contributed by atoms with van der Waals surface area (Å²) in [6, 6.07) is 3.74. The van der Waals surface area contributed by atoms with Crippen molar-refractivity contribution in [1.82, 2.24) is 10.3 Å². The van der Waals surface area contributed by atoms with Crippen LogP contribution in [0.15, 0.2) is 24.5 Å². The van der Waals surface area contributed by atoms with E-state index in [0.29, 0.717) is 19.0 Å². The van der Waals surface area contributed by atoms with Crippen LogP contribution in [0, 0.1) is 5.92 Å². The SMILES string of the molecule is CC(CN)CNC(=O)C(C)c1cccnc1. The molecule has 1 rings (SSSR count). The number of nitrogens with one attached hydrogen (secondary N) is 1. The van der Waals surface area contributed by atoms with Gasteiger partial charge in [0.2, 0.25) is 5.91 Å². The first kappa shape index (κ1) is 12.6. The van der Waals surface area contributed by atoms with E-state index in [0.717, 1.165) is 5.56 Å². The van der Waals surface area contributed by atoms with Gasteiger partial charge >= 0.3 is 0 Å². The van der Waals surface area contributed by atoms with Crippen molar-refractivity contribution in [2.45, 2.75) is 19.8 Å². The molecule has 4 nitrogen and oxygen atoms in total. The smallest absolute Gasteiger partial charge is 0.227 e. The normalized spacial score (nSPS) is 14.2. The predicted molar refractivity (Wildman–Crippen MR) is 63.9 cm³/mol. The topological polar surface area (TPSA) is 68.0 Å². The van der Waals surface area contributed by atoms with Crippen LogP contribution in [0.4, 0.5) is 0 Å². The van der Waals surface area contributed by atoms with Crippen LogP contribution in [0.25, 0.3) is 0 Å². The maximum absolute atomic E-state index is 11.8. The Kier molecular flexibility index (Phi) is 4.92. The second kappa shape index (κ2) is 6.23. The van der Waals surface area contributed by atoms with Crippen molar-refractivity contribution >= 4 is 5.91 Å². The molecule has 2 unspecified atom stereocenters. The third-order valence-electron chi connectivity index (χ3n) is 2.60. The maximum Gasteiger partial charge on any atom is 0.227 e. The number of carbonyl (C=O) groups excluding carboxylic acids is 1. The Balaban J connectivity index is 2.49. The largest absolute Gasteiger partial charge is 0.355 e. The van der Waals surface area contributed by atoms with Crippen LogP contribution in [-0.2, 0) is 4.79 Å². The highest BCUT2D eigenvalue weighted by atomic mass is 16.1. The monoisotopic (exact) mass is 221 g/mol. The Morgan fingerprint density at radius 2 is 2.31 bits per heavy atom. The zero-order valence-electron chi connectivity index (χ0n) is 9.81. The number of hydrogen-bond acceptors (Lipinski definition) is 3. The van der Waals surface area contributed by atoms with Crippen molar-refractivity contribution in [3.8, 4) is 0 Å². The Labute approximate surface area is 96.3 Å². The van der Waals surface area contributed by atoms with Crippen LogP contribution < -0.4 is 11.1 Å². The number of nitrogens with two attached hydrogens (primary N) is 1. The lowest BCUT2D eigenvalue weighted by Crippen LogP contribution is -2.33.